The molecule has 108 valence electrons. The van der Waals surface area contributed by atoms with Crippen LogP contribution in [0.2, 0.25) is 0 Å². The highest BCUT2D eigenvalue weighted by atomic mass is 16.7. The highest BCUT2D eigenvalue weighted by molar-refractivity contribution is 5.33. The molecule has 0 radical (unpaired) electrons. The Morgan fingerprint density at radius 3 is 2.74 bits per heavy atom. The molecule has 0 aliphatic carbocycles. The third kappa shape index (κ3) is 2.46. The van der Waals surface area contributed by atoms with E-state index in [1.807, 2.05) is 0 Å². The van der Waals surface area contributed by atoms with Crippen molar-refractivity contribution in [3.8, 4) is 0 Å². The first-order chi connectivity index (χ1) is 8.80. The van der Waals surface area contributed by atoms with Crippen molar-refractivity contribution in [1.29, 1.82) is 0 Å². The molecule has 0 aromatic heterocycles. The monoisotopic (exact) mass is 265 g/mol. The van der Waals surface area contributed by atoms with Crippen LogP contribution in [0.5, 0.6) is 0 Å². The quantitative estimate of drug-likeness (QED) is 0.794. The van der Waals surface area contributed by atoms with E-state index in [9.17, 15) is 5.11 Å². The Balaban J connectivity index is 2.45. The lowest BCUT2D eigenvalue weighted by Crippen LogP contribution is -2.48. The number of hydrogen-bond acceptors (Lipinski definition) is 3. The minimum atomic E-state index is -0.486. The average molecular weight is 265 g/mol. The van der Waals surface area contributed by atoms with Crippen molar-refractivity contribution < 1.29 is 9.94 Å². The van der Waals surface area contributed by atoms with Crippen LogP contribution in [0.25, 0.3) is 0 Å². The molecule has 3 nitrogen and oxygen atoms in total. The van der Waals surface area contributed by atoms with Crippen LogP contribution < -0.4 is 0 Å². The van der Waals surface area contributed by atoms with Crippen LogP contribution >= 0.6 is 0 Å². The molecule has 0 saturated carbocycles. The van der Waals surface area contributed by atoms with Gasteiger partial charge < -0.3 is 9.94 Å². The fourth-order valence-electron chi connectivity index (χ4n) is 3.24. The van der Waals surface area contributed by atoms with E-state index in [0.29, 0.717) is 6.42 Å². The second-order valence-corrected chi connectivity index (χ2v) is 6.96. The van der Waals surface area contributed by atoms with Crippen LogP contribution in [0.15, 0.2) is 24.0 Å². The lowest BCUT2D eigenvalue weighted by molar-refractivity contribution is -0.174. The van der Waals surface area contributed by atoms with Gasteiger partial charge in [0.15, 0.2) is 0 Å². The molecule has 2 unspecified atom stereocenters. The summed E-state index contributed by atoms with van der Waals surface area (Å²) in [5.74, 6) is 0.950. The van der Waals surface area contributed by atoms with Gasteiger partial charge in [0.05, 0.1) is 11.6 Å². The summed E-state index contributed by atoms with van der Waals surface area (Å²) in [7, 11) is 0. The van der Waals surface area contributed by atoms with Gasteiger partial charge in [-0.15, -0.1) is 11.6 Å². The van der Waals surface area contributed by atoms with E-state index in [4.69, 9.17) is 4.84 Å². The Labute approximate surface area is 116 Å². The third-order valence-corrected chi connectivity index (χ3v) is 4.26. The van der Waals surface area contributed by atoms with Gasteiger partial charge in [0, 0.05) is 17.5 Å². The molecule has 0 amide bonds. The van der Waals surface area contributed by atoms with Gasteiger partial charge in [0.25, 0.3) is 0 Å². The van der Waals surface area contributed by atoms with Crippen molar-refractivity contribution in [3.63, 3.8) is 0 Å². The molecule has 3 heteroatoms. The molecule has 0 aromatic carbocycles. The fraction of sp³-hybridized carbons (Fsp3) is 0.750. The van der Waals surface area contributed by atoms with Crippen LogP contribution in [0.3, 0.4) is 0 Å². The summed E-state index contributed by atoms with van der Waals surface area (Å²) in [6.45, 7) is 13.3. The highest BCUT2D eigenvalue weighted by Crippen LogP contribution is 2.48. The normalized spacial score (nSPS) is 29.9. The second-order valence-electron chi connectivity index (χ2n) is 6.96. The molecule has 2 rings (SSSR count). The Morgan fingerprint density at radius 1 is 1.47 bits per heavy atom. The van der Waals surface area contributed by atoms with E-state index in [1.165, 1.54) is 6.42 Å². The van der Waals surface area contributed by atoms with Gasteiger partial charge in [-0.1, -0.05) is 26.8 Å². The predicted molar refractivity (Wildman–Crippen MR) is 77.3 cm³/mol. The number of aliphatic hydroxyl groups excluding tert-OH is 1. The molecule has 1 fully saturated rings. The van der Waals surface area contributed by atoms with Gasteiger partial charge in [-0.3, -0.25) is 0 Å². The van der Waals surface area contributed by atoms with Crippen molar-refractivity contribution in [2.24, 2.45) is 5.41 Å². The largest absolute Gasteiger partial charge is 0.409 e. The van der Waals surface area contributed by atoms with E-state index in [2.05, 4.69) is 39.3 Å². The van der Waals surface area contributed by atoms with Crippen molar-refractivity contribution in [1.82, 2.24) is 5.06 Å². The standard InChI is InChI=1S/C16H27NO2/c1-6-9-12(18)13-14(15(2,3)4)19-17-11-8-7-10-16(13,17)5/h6,12,18H,1,7-11H2,2-5H3. The number of aliphatic hydroxyl groups is 1. The molecule has 2 heterocycles. The van der Waals surface area contributed by atoms with E-state index in [-0.39, 0.29) is 11.0 Å². The van der Waals surface area contributed by atoms with Crippen molar-refractivity contribution in [2.45, 2.75) is 65.0 Å². The van der Waals surface area contributed by atoms with Gasteiger partial charge in [-0.25, -0.2) is 0 Å². The van der Waals surface area contributed by atoms with Gasteiger partial charge in [-0.05, 0) is 32.6 Å². The van der Waals surface area contributed by atoms with Crippen molar-refractivity contribution >= 4 is 0 Å². The lowest BCUT2D eigenvalue weighted by atomic mass is 9.76. The first-order valence-corrected chi connectivity index (χ1v) is 7.30. The molecule has 0 aromatic rings. The van der Waals surface area contributed by atoms with Gasteiger partial charge in [0.1, 0.15) is 5.76 Å². The lowest BCUT2D eigenvalue weighted by Gasteiger charge is -2.39. The zero-order valence-corrected chi connectivity index (χ0v) is 12.7. The van der Waals surface area contributed by atoms with E-state index < -0.39 is 6.10 Å². The summed E-state index contributed by atoms with van der Waals surface area (Å²) in [6.07, 6.45) is 5.29. The topological polar surface area (TPSA) is 32.7 Å². The Bertz CT molecular complexity index is 394. The van der Waals surface area contributed by atoms with Crippen LogP contribution in [0.4, 0.5) is 0 Å². The maximum atomic E-state index is 10.6. The predicted octanol–water partition coefficient (Wildman–Crippen LogP) is 3.41. The Kier molecular flexibility index (Phi) is 3.80. The maximum Gasteiger partial charge on any atom is 0.133 e. The van der Waals surface area contributed by atoms with Gasteiger partial charge in [-0.2, -0.15) is 0 Å². The first-order valence-electron chi connectivity index (χ1n) is 7.30. The van der Waals surface area contributed by atoms with Gasteiger partial charge >= 0.3 is 0 Å². The number of fused-ring (bicyclic) bond motifs is 1. The van der Waals surface area contributed by atoms with Crippen LogP contribution in [-0.2, 0) is 4.84 Å². The Hall–Kier alpha value is -0.800. The summed E-state index contributed by atoms with van der Waals surface area (Å²) in [6, 6.07) is 0. The number of rotatable bonds is 3. The Morgan fingerprint density at radius 2 is 2.16 bits per heavy atom. The molecular weight excluding hydrogens is 238 g/mol. The van der Waals surface area contributed by atoms with Crippen LogP contribution in [0, 0.1) is 5.41 Å². The molecule has 19 heavy (non-hydrogen) atoms. The number of hydrogen-bond donors (Lipinski definition) is 1. The van der Waals surface area contributed by atoms with Gasteiger partial charge in [0.2, 0.25) is 0 Å². The molecule has 2 atom stereocenters. The molecule has 0 bridgehead atoms. The summed E-state index contributed by atoms with van der Waals surface area (Å²) in [5, 5.41) is 12.6. The van der Waals surface area contributed by atoms with E-state index in [1.54, 1.807) is 6.08 Å². The zero-order valence-electron chi connectivity index (χ0n) is 12.7. The number of hydroxylamine groups is 2. The number of allylic oxidation sites excluding steroid dienone is 1. The molecular formula is C16H27NO2. The minimum absolute atomic E-state index is 0.0855. The summed E-state index contributed by atoms with van der Waals surface area (Å²) in [4.78, 5) is 6.13. The van der Waals surface area contributed by atoms with E-state index >= 15 is 0 Å². The number of nitrogens with zero attached hydrogens (tertiary/aromatic N) is 1. The molecule has 2 aliphatic rings. The number of piperidine rings is 1. The molecule has 1 N–H and O–H groups in total. The van der Waals surface area contributed by atoms with E-state index in [0.717, 1.165) is 30.7 Å². The first kappa shape index (κ1) is 14.6. The SMILES string of the molecule is C=CCC(O)C1=C(C(C)(C)C)ON2CCCCC12C. The van der Waals surface area contributed by atoms with Crippen molar-refractivity contribution in [3.05, 3.63) is 24.0 Å². The third-order valence-electron chi connectivity index (χ3n) is 4.26. The summed E-state index contributed by atoms with van der Waals surface area (Å²) >= 11 is 0. The summed E-state index contributed by atoms with van der Waals surface area (Å²) < 4.78 is 0. The molecule has 1 saturated heterocycles. The van der Waals surface area contributed by atoms with Crippen LogP contribution in [0.1, 0.15) is 53.4 Å². The maximum absolute atomic E-state index is 10.6. The average Bonchev–Trinajstić information content (AvgIpc) is 2.62. The minimum Gasteiger partial charge on any atom is -0.409 e. The fourth-order valence-corrected chi connectivity index (χ4v) is 3.24. The van der Waals surface area contributed by atoms with Crippen molar-refractivity contribution in [2.75, 3.05) is 6.54 Å². The highest BCUT2D eigenvalue weighted by Gasteiger charge is 2.51. The van der Waals surface area contributed by atoms with Crippen LogP contribution in [-0.4, -0.2) is 28.4 Å². The smallest absolute Gasteiger partial charge is 0.133 e. The molecule has 2 aliphatic heterocycles. The second kappa shape index (κ2) is 4.95. The summed E-state index contributed by atoms with van der Waals surface area (Å²) in [5.41, 5.74) is 0.834. The zero-order chi connectivity index (χ0) is 14.3. The molecule has 0 spiro atoms.